The van der Waals surface area contributed by atoms with Gasteiger partial charge in [0.2, 0.25) is 0 Å². The van der Waals surface area contributed by atoms with E-state index >= 15 is 0 Å². The molecule has 2 unspecified atom stereocenters. The van der Waals surface area contributed by atoms with Crippen LogP contribution >= 0.6 is 15.9 Å². The topological polar surface area (TPSA) is 29.5 Å². The molecule has 0 saturated carbocycles. The SMILES string of the molecule is CC(c1ccc(-c2ccc(F)cc2F)cc1)N1CCC(CCBr)OC1=O.Fc1ccccc1. The number of cyclic esters (lactones) is 1. The van der Waals surface area contributed by atoms with Crippen molar-refractivity contribution >= 4 is 22.0 Å². The minimum absolute atomic E-state index is 0.0332. The maximum atomic E-state index is 13.9. The number of carbonyl (C=O) groups is 1. The summed E-state index contributed by atoms with van der Waals surface area (Å²) in [5.41, 5.74) is 1.95. The number of carbonyl (C=O) groups excluding carboxylic acids is 1. The lowest BCUT2D eigenvalue weighted by Crippen LogP contribution is -2.43. The van der Waals surface area contributed by atoms with Crippen LogP contribution in [-0.4, -0.2) is 29.0 Å². The van der Waals surface area contributed by atoms with Crippen LogP contribution in [0.5, 0.6) is 0 Å². The van der Waals surface area contributed by atoms with E-state index in [4.69, 9.17) is 4.74 Å². The second kappa shape index (κ2) is 11.9. The first kappa shape index (κ1) is 24.8. The number of amides is 1. The molecule has 0 spiro atoms. The number of nitrogens with zero attached hydrogens (tertiary/aromatic N) is 1. The standard InChI is InChI=1S/C20H20BrF2NO2.C6H5F/c1-13(24-11-9-17(8-10-21)26-20(24)25)14-2-4-15(5-3-14)18-7-6-16(22)12-19(18)23;7-6-4-2-1-3-5-6/h2-7,12-13,17H,8-11H2,1H3;1-5H. The third-order valence-corrected chi connectivity index (χ3v) is 5.92. The number of halogens is 4. The monoisotopic (exact) mass is 519 g/mol. The fourth-order valence-corrected chi connectivity index (χ4v) is 4.09. The lowest BCUT2D eigenvalue weighted by Gasteiger charge is -2.35. The minimum atomic E-state index is -0.599. The van der Waals surface area contributed by atoms with Gasteiger partial charge in [0.25, 0.3) is 0 Å². The zero-order valence-corrected chi connectivity index (χ0v) is 19.8. The molecule has 3 nitrogen and oxygen atoms in total. The number of hydrogen-bond donors (Lipinski definition) is 0. The molecule has 3 aromatic carbocycles. The van der Waals surface area contributed by atoms with Crippen LogP contribution < -0.4 is 0 Å². The molecule has 1 fully saturated rings. The Morgan fingerprint density at radius 2 is 1.70 bits per heavy atom. The highest BCUT2D eigenvalue weighted by Gasteiger charge is 2.30. The summed E-state index contributed by atoms with van der Waals surface area (Å²) in [7, 11) is 0. The van der Waals surface area contributed by atoms with Gasteiger partial charge >= 0.3 is 6.09 Å². The summed E-state index contributed by atoms with van der Waals surface area (Å²) in [6.45, 7) is 2.59. The van der Waals surface area contributed by atoms with E-state index in [1.807, 2.05) is 19.1 Å². The highest BCUT2D eigenvalue weighted by atomic mass is 79.9. The van der Waals surface area contributed by atoms with Gasteiger partial charge in [0.05, 0.1) is 6.04 Å². The third-order valence-electron chi connectivity index (χ3n) is 5.46. The van der Waals surface area contributed by atoms with Gasteiger partial charge in [-0.3, -0.25) is 0 Å². The van der Waals surface area contributed by atoms with Gasteiger partial charge in [0.1, 0.15) is 23.6 Å². The van der Waals surface area contributed by atoms with Gasteiger partial charge in [-0.05, 0) is 48.7 Å². The lowest BCUT2D eigenvalue weighted by molar-refractivity contribution is 0.0125. The number of ether oxygens (including phenoxy) is 1. The fraction of sp³-hybridized carbons (Fsp3) is 0.269. The molecule has 33 heavy (non-hydrogen) atoms. The van der Waals surface area contributed by atoms with E-state index in [2.05, 4.69) is 15.9 Å². The second-order valence-electron chi connectivity index (χ2n) is 7.68. The predicted molar refractivity (Wildman–Crippen MR) is 127 cm³/mol. The maximum absolute atomic E-state index is 13.9. The first-order valence-corrected chi connectivity index (χ1v) is 11.8. The second-order valence-corrected chi connectivity index (χ2v) is 8.48. The minimum Gasteiger partial charge on any atom is -0.446 e. The molecule has 4 rings (SSSR count). The molecule has 2 atom stereocenters. The average Bonchev–Trinajstić information content (AvgIpc) is 2.80. The number of benzene rings is 3. The Labute approximate surface area is 200 Å². The molecule has 0 aliphatic carbocycles. The molecular formula is C26H25BrF3NO2. The highest BCUT2D eigenvalue weighted by molar-refractivity contribution is 9.09. The summed E-state index contributed by atoms with van der Waals surface area (Å²) in [6.07, 6.45) is 1.28. The van der Waals surface area contributed by atoms with Gasteiger partial charge in [0, 0.05) is 29.9 Å². The highest BCUT2D eigenvalue weighted by Crippen LogP contribution is 2.29. The first-order chi connectivity index (χ1) is 15.9. The fourth-order valence-electron chi connectivity index (χ4n) is 3.58. The summed E-state index contributed by atoms with van der Waals surface area (Å²) in [4.78, 5) is 14.0. The number of alkyl halides is 1. The smallest absolute Gasteiger partial charge is 0.410 e. The Morgan fingerprint density at radius 3 is 2.24 bits per heavy atom. The molecule has 0 radical (unpaired) electrons. The normalized spacial score (nSPS) is 16.5. The van der Waals surface area contributed by atoms with E-state index in [0.717, 1.165) is 29.8 Å². The molecule has 1 amide bonds. The van der Waals surface area contributed by atoms with Crippen molar-refractivity contribution in [2.45, 2.75) is 31.9 Å². The number of rotatable bonds is 5. The van der Waals surface area contributed by atoms with Crippen molar-refractivity contribution in [3.8, 4) is 11.1 Å². The van der Waals surface area contributed by atoms with Crippen molar-refractivity contribution in [1.82, 2.24) is 4.90 Å². The van der Waals surface area contributed by atoms with Gasteiger partial charge in [-0.25, -0.2) is 18.0 Å². The van der Waals surface area contributed by atoms with Crippen molar-refractivity contribution in [1.29, 1.82) is 0 Å². The molecule has 0 N–H and O–H groups in total. The van der Waals surface area contributed by atoms with Gasteiger partial charge in [-0.15, -0.1) is 0 Å². The molecule has 1 aliphatic rings. The number of hydrogen-bond acceptors (Lipinski definition) is 2. The lowest BCUT2D eigenvalue weighted by atomic mass is 10.00. The summed E-state index contributed by atoms with van der Waals surface area (Å²) in [5.74, 6) is -1.37. The van der Waals surface area contributed by atoms with Crippen LogP contribution in [0.25, 0.3) is 11.1 Å². The van der Waals surface area contributed by atoms with Crippen molar-refractivity contribution in [3.05, 3.63) is 95.8 Å². The van der Waals surface area contributed by atoms with E-state index < -0.39 is 11.6 Å². The van der Waals surface area contributed by atoms with E-state index in [0.29, 0.717) is 17.7 Å². The molecule has 1 heterocycles. The van der Waals surface area contributed by atoms with Crippen molar-refractivity contribution in [2.24, 2.45) is 0 Å². The molecule has 1 saturated heterocycles. The summed E-state index contributed by atoms with van der Waals surface area (Å²) < 4.78 is 44.4. The zero-order chi connectivity index (χ0) is 23.8. The van der Waals surface area contributed by atoms with Crippen LogP contribution in [0.2, 0.25) is 0 Å². The predicted octanol–water partition coefficient (Wildman–Crippen LogP) is 7.51. The van der Waals surface area contributed by atoms with Crippen LogP contribution in [0.1, 0.15) is 31.4 Å². The maximum Gasteiger partial charge on any atom is 0.410 e. The Morgan fingerprint density at radius 1 is 1.00 bits per heavy atom. The molecule has 1 aliphatic heterocycles. The van der Waals surface area contributed by atoms with Crippen LogP contribution in [0.3, 0.4) is 0 Å². The Hall–Kier alpha value is -2.80. The van der Waals surface area contributed by atoms with Gasteiger partial charge in [-0.1, -0.05) is 58.4 Å². The third kappa shape index (κ3) is 6.84. The van der Waals surface area contributed by atoms with Gasteiger partial charge < -0.3 is 9.64 Å². The van der Waals surface area contributed by atoms with Crippen molar-refractivity contribution in [2.75, 3.05) is 11.9 Å². The van der Waals surface area contributed by atoms with Crippen LogP contribution in [0.4, 0.5) is 18.0 Å². The van der Waals surface area contributed by atoms with Crippen molar-refractivity contribution in [3.63, 3.8) is 0 Å². The van der Waals surface area contributed by atoms with E-state index in [9.17, 15) is 18.0 Å². The first-order valence-electron chi connectivity index (χ1n) is 10.7. The zero-order valence-electron chi connectivity index (χ0n) is 18.2. The molecule has 0 aromatic heterocycles. The quantitative estimate of drug-likeness (QED) is 0.326. The molecule has 3 aromatic rings. The Kier molecular flexibility index (Phi) is 8.95. The van der Waals surface area contributed by atoms with Crippen LogP contribution in [0, 0.1) is 17.5 Å². The molecule has 174 valence electrons. The Balaban J connectivity index is 0.000000374. The van der Waals surface area contributed by atoms with Crippen LogP contribution in [0.15, 0.2) is 72.8 Å². The Bertz CT molecular complexity index is 1050. The molecule has 0 bridgehead atoms. The summed E-state index contributed by atoms with van der Waals surface area (Å²) in [5, 5.41) is 0.807. The molecule has 7 heteroatoms. The van der Waals surface area contributed by atoms with E-state index in [-0.39, 0.29) is 24.1 Å². The van der Waals surface area contributed by atoms with Crippen molar-refractivity contribution < 1.29 is 22.7 Å². The van der Waals surface area contributed by atoms with E-state index in [1.165, 1.54) is 24.3 Å². The van der Waals surface area contributed by atoms with Gasteiger partial charge in [-0.2, -0.15) is 0 Å². The molecular weight excluding hydrogens is 495 g/mol. The summed E-state index contributed by atoms with van der Waals surface area (Å²) >= 11 is 3.37. The van der Waals surface area contributed by atoms with Gasteiger partial charge in [0.15, 0.2) is 0 Å². The largest absolute Gasteiger partial charge is 0.446 e. The summed E-state index contributed by atoms with van der Waals surface area (Å²) in [6, 6.07) is 18.6. The average molecular weight is 520 g/mol. The van der Waals surface area contributed by atoms with Crippen LogP contribution in [-0.2, 0) is 4.74 Å². The van der Waals surface area contributed by atoms with E-state index in [1.54, 1.807) is 35.2 Å².